The number of fused-ring (bicyclic) bond motifs is 2. The van der Waals surface area contributed by atoms with E-state index in [1.807, 2.05) is 12.1 Å². The number of nitrogens with zero attached hydrogens (tertiary/aromatic N) is 2. The Hall–Kier alpha value is -2.17. The Labute approximate surface area is 168 Å². The first-order chi connectivity index (χ1) is 13.4. The van der Waals surface area contributed by atoms with E-state index in [0.29, 0.717) is 19.1 Å². The van der Waals surface area contributed by atoms with Gasteiger partial charge in [-0.05, 0) is 63.5 Å². The normalized spacial score (nSPS) is 23.2. The Bertz CT molecular complexity index is 797. The van der Waals surface area contributed by atoms with E-state index in [9.17, 15) is 0 Å². The topological polar surface area (TPSA) is 60.1 Å². The smallest absolute Gasteiger partial charge is 0.195 e. The zero-order valence-electron chi connectivity index (χ0n) is 17.5. The van der Waals surface area contributed by atoms with Crippen LogP contribution in [-0.2, 0) is 6.42 Å². The lowest BCUT2D eigenvalue weighted by Crippen LogP contribution is -2.34. The molecule has 152 valence electrons. The molecule has 0 bridgehead atoms. The quantitative estimate of drug-likeness (QED) is 0.469. The largest absolute Gasteiger partial charge is 0.488 e. The molecule has 0 saturated heterocycles. The van der Waals surface area contributed by atoms with Crippen LogP contribution in [0.4, 0.5) is 0 Å². The average Bonchev–Trinajstić information content (AvgIpc) is 3.24. The van der Waals surface area contributed by atoms with Crippen molar-refractivity contribution < 1.29 is 9.47 Å². The fraction of sp³-hybridized carbons (Fsp3) is 0.609. The van der Waals surface area contributed by atoms with Crippen molar-refractivity contribution >= 4 is 5.96 Å². The van der Waals surface area contributed by atoms with Gasteiger partial charge in [0.05, 0.1) is 6.54 Å². The summed E-state index contributed by atoms with van der Waals surface area (Å²) < 4.78 is 12.0. The van der Waals surface area contributed by atoms with Gasteiger partial charge in [0.2, 0.25) is 0 Å². The zero-order chi connectivity index (χ0) is 19.7. The number of para-hydroxylation sites is 1. The Kier molecular flexibility index (Phi) is 5.26. The highest BCUT2D eigenvalue weighted by Gasteiger charge is 2.32. The van der Waals surface area contributed by atoms with Crippen molar-refractivity contribution in [3.63, 3.8) is 0 Å². The van der Waals surface area contributed by atoms with Gasteiger partial charge in [0.1, 0.15) is 12.2 Å². The Morgan fingerprint density at radius 3 is 3.00 bits per heavy atom. The van der Waals surface area contributed by atoms with Crippen LogP contribution in [0.15, 0.2) is 34.5 Å². The predicted molar refractivity (Wildman–Crippen MR) is 113 cm³/mol. The summed E-state index contributed by atoms with van der Waals surface area (Å²) in [6, 6.07) is 6.10. The van der Waals surface area contributed by atoms with Crippen LogP contribution in [-0.4, -0.2) is 36.7 Å². The molecule has 1 aromatic rings. The van der Waals surface area contributed by atoms with Crippen molar-refractivity contribution in [2.24, 2.45) is 16.6 Å². The minimum absolute atomic E-state index is 0.166. The lowest BCUT2D eigenvalue weighted by Gasteiger charge is -2.25. The minimum atomic E-state index is -0.166. The molecule has 1 heterocycles. The maximum Gasteiger partial charge on any atom is 0.195 e. The molecule has 1 aliphatic heterocycles. The predicted octanol–water partition coefficient (Wildman–Crippen LogP) is 4.26. The average molecular weight is 384 g/mol. The third-order valence-electron chi connectivity index (χ3n) is 6.27. The van der Waals surface area contributed by atoms with Gasteiger partial charge in [0.15, 0.2) is 17.5 Å². The second-order valence-electron chi connectivity index (χ2n) is 8.88. The zero-order valence-corrected chi connectivity index (χ0v) is 17.5. The summed E-state index contributed by atoms with van der Waals surface area (Å²) in [6.07, 6.45) is 8.58. The van der Waals surface area contributed by atoms with Crippen molar-refractivity contribution in [1.29, 1.82) is 0 Å². The standard InChI is InChI=1S/C23H33N3O2/c1-23(2)15-17-8-6-10-20(21(17)28-23)27-14-13-25-22(24)26(3)19-12-11-16-7-4-5-9-18(16)19/h6,8,10,16H,4-5,7,9,11-15H2,1-3H3,(H2,24,25). The van der Waals surface area contributed by atoms with E-state index in [4.69, 9.17) is 15.2 Å². The van der Waals surface area contributed by atoms with Gasteiger partial charge in [0, 0.05) is 24.7 Å². The van der Waals surface area contributed by atoms with Crippen molar-refractivity contribution in [3.05, 3.63) is 35.0 Å². The van der Waals surface area contributed by atoms with Crippen LogP contribution in [0.1, 0.15) is 57.9 Å². The Balaban J connectivity index is 1.34. The lowest BCUT2D eigenvalue weighted by atomic mass is 9.86. The molecule has 2 aliphatic carbocycles. The Morgan fingerprint density at radius 2 is 2.14 bits per heavy atom. The van der Waals surface area contributed by atoms with Crippen LogP contribution in [0.5, 0.6) is 11.5 Å². The monoisotopic (exact) mass is 383 g/mol. The molecule has 0 spiro atoms. The number of nitrogens with two attached hydrogens (primary N) is 1. The summed E-state index contributed by atoms with van der Waals surface area (Å²) in [7, 11) is 2.05. The summed E-state index contributed by atoms with van der Waals surface area (Å²) in [6.45, 7) is 5.24. The van der Waals surface area contributed by atoms with Gasteiger partial charge < -0.3 is 20.1 Å². The fourth-order valence-electron chi connectivity index (χ4n) is 4.90. The van der Waals surface area contributed by atoms with Gasteiger partial charge in [-0.1, -0.05) is 18.6 Å². The summed E-state index contributed by atoms with van der Waals surface area (Å²) in [5, 5.41) is 0. The summed E-state index contributed by atoms with van der Waals surface area (Å²) in [5.74, 6) is 3.05. The lowest BCUT2D eigenvalue weighted by molar-refractivity contribution is 0.132. The van der Waals surface area contributed by atoms with Crippen molar-refractivity contribution in [1.82, 2.24) is 4.90 Å². The van der Waals surface area contributed by atoms with E-state index in [-0.39, 0.29) is 5.60 Å². The molecule has 0 aromatic heterocycles. The van der Waals surface area contributed by atoms with Gasteiger partial charge in [0.25, 0.3) is 0 Å². The van der Waals surface area contributed by atoms with E-state index in [1.165, 1.54) is 43.4 Å². The first-order valence-corrected chi connectivity index (χ1v) is 10.6. The van der Waals surface area contributed by atoms with Crippen LogP contribution >= 0.6 is 0 Å². The molecule has 1 unspecified atom stereocenters. The molecule has 5 nitrogen and oxygen atoms in total. The number of benzene rings is 1. The molecule has 2 N–H and O–H groups in total. The van der Waals surface area contributed by atoms with E-state index in [2.05, 4.69) is 36.9 Å². The first kappa shape index (κ1) is 19.2. The third-order valence-corrected chi connectivity index (χ3v) is 6.27. The summed E-state index contributed by atoms with van der Waals surface area (Å²) in [5.41, 5.74) is 10.4. The van der Waals surface area contributed by atoms with E-state index >= 15 is 0 Å². The molecule has 1 fully saturated rings. The number of hydrogen-bond acceptors (Lipinski definition) is 3. The van der Waals surface area contributed by atoms with Gasteiger partial charge in [-0.15, -0.1) is 0 Å². The van der Waals surface area contributed by atoms with Crippen molar-refractivity contribution in [3.8, 4) is 11.5 Å². The van der Waals surface area contributed by atoms with E-state index in [1.54, 1.807) is 5.57 Å². The maximum absolute atomic E-state index is 6.29. The first-order valence-electron chi connectivity index (χ1n) is 10.6. The molecule has 0 radical (unpaired) electrons. The summed E-state index contributed by atoms with van der Waals surface area (Å²) >= 11 is 0. The van der Waals surface area contributed by atoms with Crippen LogP contribution < -0.4 is 15.2 Å². The highest BCUT2D eigenvalue weighted by molar-refractivity contribution is 5.79. The molecular formula is C23H33N3O2. The van der Waals surface area contributed by atoms with Gasteiger partial charge >= 0.3 is 0 Å². The van der Waals surface area contributed by atoms with Crippen molar-refractivity contribution in [2.45, 2.75) is 64.4 Å². The SMILES string of the molecule is CN(C(N)=NCCOc1cccc2c1OC(C)(C)C2)C1=C2CCCCC2CC1. The van der Waals surface area contributed by atoms with Gasteiger partial charge in [-0.25, -0.2) is 4.99 Å². The molecule has 0 amide bonds. The highest BCUT2D eigenvalue weighted by atomic mass is 16.5. The summed E-state index contributed by atoms with van der Waals surface area (Å²) in [4.78, 5) is 6.67. The van der Waals surface area contributed by atoms with E-state index in [0.717, 1.165) is 30.3 Å². The van der Waals surface area contributed by atoms with Crippen LogP contribution in [0.25, 0.3) is 0 Å². The van der Waals surface area contributed by atoms with Gasteiger partial charge in [-0.3, -0.25) is 0 Å². The molecule has 28 heavy (non-hydrogen) atoms. The molecule has 1 aromatic carbocycles. The van der Waals surface area contributed by atoms with Crippen molar-refractivity contribution in [2.75, 3.05) is 20.2 Å². The molecule has 3 aliphatic rings. The highest BCUT2D eigenvalue weighted by Crippen LogP contribution is 2.43. The number of hydrogen-bond donors (Lipinski definition) is 1. The number of aliphatic imine (C=N–C) groups is 1. The van der Waals surface area contributed by atoms with Crippen LogP contribution in [0, 0.1) is 5.92 Å². The van der Waals surface area contributed by atoms with E-state index < -0.39 is 0 Å². The number of allylic oxidation sites excluding steroid dienone is 2. The number of rotatable bonds is 5. The number of guanidine groups is 1. The second-order valence-corrected chi connectivity index (χ2v) is 8.88. The molecule has 1 saturated carbocycles. The Morgan fingerprint density at radius 1 is 1.29 bits per heavy atom. The second kappa shape index (κ2) is 7.69. The van der Waals surface area contributed by atoms with Crippen LogP contribution in [0.3, 0.4) is 0 Å². The molecule has 4 rings (SSSR count). The fourth-order valence-corrected chi connectivity index (χ4v) is 4.90. The number of ether oxygens (including phenoxy) is 2. The molecular weight excluding hydrogens is 350 g/mol. The molecule has 1 atom stereocenters. The van der Waals surface area contributed by atoms with Crippen LogP contribution in [0.2, 0.25) is 0 Å². The van der Waals surface area contributed by atoms with Gasteiger partial charge in [-0.2, -0.15) is 0 Å². The third kappa shape index (κ3) is 3.85. The minimum Gasteiger partial charge on any atom is -0.488 e. The maximum atomic E-state index is 6.29. The molecule has 5 heteroatoms.